The first-order chi connectivity index (χ1) is 11.9. The zero-order valence-electron chi connectivity index (χ0n) is 16.4. The van der Waals surface area contributed by atoms with Crippen LogP contribution in [0.4, 0.5) is 0 Å². The van der Waals surface area contributed by atoms with Gasteiger partial charge in [0.1, 0.15) is 0 Å². The predicted molar refractivity (Wildman–Crippen MR) is 109 cm³/mol. The van der Waals surface area contributed by atoms with Crippen LogP contribution in [0.3, 0.4) is 0 Å². The molecule has 24 heavy (non-hydrogen) atoms. The summed E-state index contributed by atoms with van der Waals surface area (Å²) in [5, 5.41) is 0. The lowest BCUT2D eigenvalue weighted by molar-refractivity contribution is 0.429. The standard InChI is InChI=1S/C23H41N/c1-3-5-6-7-8-9-10-11-12-13-14-15-16-17-20-23(4-2)24-21-18-19-22-24/h11-12,18-19,21-23H,3-10,13-17,20H2,1-2H3/b12-11-. The van der Waals surface area contributed by atoms with Crippen molar-refractivity contribution in [1.29, 1.82) is 0 Å². The lowest BCUT2D eigenvalue weighted by Gasteiger charge is -2.16. The van der Waals surface area contributed by atoms with E-state index in [1.54, 1.807) is 0 Å². The summed E-state index contributed by atoms with van der Waals surface area (Å²) in [7, 11) is 0. The van der Waals surface area contributed by atoms with E-state index in [0.717, 1.165) is 0 Å². The van der Waals surface area contributed by atoms with Crippen LogP contribution in [0.25, 0.3) is 0 Å². The van der Waals surface area contributed by atoms with E-state index >= 15 is 0 Å². The van der Waals surface area contributed by atoms with Gasteiger partial charge in [0.15, 0.2) is 0 Å². The number of hydrogen-bond acceptors (Lipinski definition) is 0. The molecule has 1 nitrogen and oxygen atoms in total. The van der Waals surface area contributed by atoms with E-state index in [2.05, 4.69) is 55.1 Å². The molecule has 0 aliphatic rings. The molecular weight excluding hydrogens is 290 g/mol. The second-order valence-electron chi connectivity index (χ2n) is 7.21. The van der Waals surface area contributed by atoms with Gasteiger partial charge < -0.3 is 4.57 Å². The molecular formula is C23H41N. The van der Waals surface area contributed by atoms with Crippen LogP contribution in [0.1, 0.15) is 110 Å². The Morgan fingerprint density at radius 3 is 1.83 bits per heavy atom. The van der Waals surface area contributed by atoms with Gasteiger partial charge in [0, 0.05) is 18.4 Å². The molecule has 1 atom stereocenters. The van der Waals surface area contributed by atoms with Crippen LogP contribution in [0.5, 0.6) is 0 Å². The Morgan fingerprint density at radius 2 is 1.25 bits per heavy atom. The van der Waals surface area contributed by atoms with Crippen molar-refractivity contribution in [3.8, 4) is 0 Å². The fraction of sp³-hybridized carbons (Fsp3) is 0.739. The Morgan fingerprint density at radius 1 is 0.708 bits per heavy atom. The van der Waals surface area contributed by atoms with Gasteiger partial charge in [0.2, 0.25) is 0 Å². The number of aromatic nitrogens is 1. The second-order valence-corrected chi connectivity index (χ2v) is 7.21. The molecule has 1 heterocycles. The van der Waals surface area contributed by atoms with Gasteiger partial charge in [-0.1, -0.05) is 77.4 Å². The molecule has 0 aromatic carbocycles. The molecule has 0 N–H and O–H groups in total. The van der Waals surface area contributed by atoms with Crippen molar-refractivity contribution in [2.24, 2.45) is 0 Å². The maximum Gasteiger partial charge on any atom is 0.0328 e. The lowest BCUT2D eigenvalue weighted by atomic mass is 10.0. The van der Waals surface area contributed by atoms with Crippen molar-refractivity contribution in [2.75, 3.05) is 0 Å². The molecule has 0 aliphatic heterocycles. The lowest BCUT2D eigenvalue weighted by Crippen LogP contribution is -2.05. The Kier molecular flexibility index (Phi) is 13.6. The Labute approximate surface area is 151 Å². The van der Waals surface area contributed by atoms with Gasteiger partial charge in [0.25, 0.3) is 0 Å². The van der Waals surface area contributed by atoms with E-state index in [1.165, 1.54) is 89.9 Å². The SMILES string of the molecule is CCCCCCCC/C=C\CCCCCCC(CC)n1cccc1. The highest BCUT2D eigenvalue weighted by molar-refractivity contribution is 4.92. The minimum Gasteiger partial charge on any atom is -0.351 e. The molecule has 0 bridgehead atoms. The molecule has 0 aliphatic carbocycles. The van der Waals surface area contributed by atoms with Crippen LogP contribution in [-0.2, 0) is 0 Å². The Hall–Kier alpha value is -0.980. The van der Waals surface area contributed by atoms with Crippen LogP contribution in [-0.4, -0.2) is 4.57 Å². The molecule has 0 radical (unpaired) electrons. The monoisotopic (exact) mass is 331 g/mol. The molecule has 0 amide bonds. The summed E-state index contributed by atoms with van der Waals surface area (Å²) in [6, 6.07) is 4.98. The highest BCUT2D eigenvalue weighted by atomic mass is 15.0. The molecule has 0 fully saturated rings. The topological polar surface area (TPSA) is 4.93 Å². The third-order valence-corrected chi connectivity index (χ3v) is 5.07. The Bertz CT molecular complexity index is 377. The number of unbranched alkanes of at least 4 members (excludes halogenated alkanes) is 10. The number of rotatable bonds is 16. The minimum atomic E-state index is 0.706. The first-order valence-electron chi connectivity index (χ1n) is 10.7. The molecule has 1 unspecified atom stereocenters. The third-order valence-electron chi connectivity index (χ3n) is 5.07. The minimum absolute atomic E-state index is 0.706. The number of hydrogen-bond donors (Lipinski definition) is 0. The number of nitrogens with zero attached hydrogens (tertiary/aromatic N) is 1. The van der Waals surface area contributed by atoms with Crippen molar-refractivity contribution < 1.29 is 0 Å². The van der Waals surface area contributed by atoms with Crippen molar-refractivity contribution in [3.63, 3.8) is 0 Å². The number of allylic oxidation sites excluding steroid dienone is 2. The fourth-order valence-electron chi connectivity index (χ4n) is 3.43. The van der Waals surface area contributed by atoms with Gasteiger partial charge in [-0.15, -0.1) is 0 Å². The van der Waals surface area contributed by atoms with Gasteiger partial charge in [-0.2, -0.15) is 0 Å². The van der Waals surface area contributed by atoms with Crippen LogP contribution in [0.15, 0.2) is 36.7 Å². The van der Waals surface area contributed by atoms with Crippen molar-refractivity contribution in [1.82, 2.24) is 4.57 Å². The quantitative estimate of drug-likeness (QED) is 0.213. The highest BCUT2D eigenvalue weighted by Gasteiger charge is 2.06. The summed E-state index contributed by atoms with van der Waals surface area (Å²) in [6.07, 6.45) is 28.4. The van der Waals surface area contributed by atoms with Crippen LogP contribution >= 0.6 is 0 Å². The zero-order valence-corrected chi connectivity index (χ0v) is 16.4. The largest absolute Gasteiger partial charge is 0.351 e. The molecule has 0 saturated heterocycles. The average Bonchev–Trinajstić information content (AvgIpc) is 3.13. The molecule has 1 rings (SSSR count). The second kappa shape index (κ2) is 15.5. The maximum atomic E-state index is 2.42. The average molecular weight is 332 g/mol. The molecule has 138 valence electrons. The summed E-state index contributed by atoms with van der Waals surface area (Å²) in [5.41, 5.74) is 0. The normalized spacial score (nSPS) is 12.9. The Balaban J connectivity index is 1.87. The summed E-state index contributed by atoms with van der Waals surface area (Å²) < 4.78 is 2.38. The summed E-state index contributed by atoms with van der Waals surface area (Å²) >= 11 is 0. The maximum absolute atomic E-state index is 2.42. The van der Waals surface area contributed by atoms with Gasteiger partial charge in [-0.3, -0.25) is 0 Å². The van der Waals surface area contributed by atoms with Gasteiger partial charge >= 0.3 is 0 Å². The third kappa shape index (κ3) is 10.7. The first kappa shape index (κ1) is 21.1. The van der Waals surface area contributed by atoms with Crippen LogP contribution < -0.4 is 0 Å². The summed E-state index contributed by atoms with van der Waals surface area (Å²) in [6.45, 7) is 4.59. The van der Waals surface area contributed by atoms with E-state index in [0.29, 0.717) is 6.04 Å². The summed E-state index contributed by atoms with van der Waals surface area (Å²) in [4.78, 5) is 0. The van der Waals surface area contributed by atoms with Crippen molar-refractivity contribution >= 4 is 0 Å². The van der Waals surface area contributed by atoms with Crippen molar-refractivity contribution in [3.05, 3.63) is 36.7 Å². The van der Waals surface area contributed by atoms with Gasteiger partial charge in [-0.25, -0.2) is 0 Å². The van der Waals surface area contributed by atoms with E-state index in [1.807, 2.05) is 0 Å². The molecule has 0 saturated carbocycles. The van der Waals surface area contributed by atoms with E-state index < -0.39 is 0 Å². The van der Waals surface area contributed by atoms with Crippen LogP contribution in [0.2, 0.25) is 0 Å². The molecule has 1 aromatic heterocycles. The zero-order chi connectivity index (χ0) is 17.3. The highest BCUT2D eigenvalue weighted by Crippen LogP contribution is 2.20. The van der Waals surface area contributed by atoms with Crippen LogP contribution in [0, 0.1) is 0 Å². The fourth-order valence-corrected chi connectivity index (χ4v) is 3.43. The molecule has 0 spiro atoms. The van der Waals surface area contributed by atoms with Gasteiger partial charge in [0.05, 0.1) is 0 Å². The smallest absolute Gasteiger partial charge is 0.0328 e. The van der Waals surface area contributed by atoms with E-state index in [-0.39, 0.29) is 0 Å². The van der Waals surface area contributed by atoms with E-state index in [4.69, 9.17) is 0 Å². The summed E-state index contributed by atoms with van der Waals surface area (Å²) in [5.74, 6) is 0. The first-order valence-corrected chi connectivity index (χ1v) is 10.7. The van der Waals surface area contributed by atoms with Gasteiger partial charge in [-0.05, 0) is 50.7 Å². The van der Waals surface area contributed by atoms with E-state index in [9.17, 15) is 0 Å². The van der Waals surface area contributed by atoms with Crippen molar-refractivity contribution in [2.45, 2.75) is 110 Å². The predicted octanol–water partition coefficient (Wildman–Crippen LogP) is 8.09. The molecule has 1 aromatic rings. The molecule has 1 heteroatoms.